The van der Waals surface area contributed by atoms with Crippen molar-refractivity contribution in [3.8, 4) is 5.75 Å². The zero-order chi connectivity index (χ0) is 14.2. The molecule has 2 N–H and O–H groups in total. The molecule has 5 nitrogen and oxygen atoms in total. The van der Waals surface area contributed by atoms with Crippen molar-refractivity contribution in [3.05, 3.63) is 54.9 Å². The van der Waals surface area contributed by atoms with Crippen LogP contribution in [0.15, 0.2) is 49.3 Å². The minimum Gasteiger partial charge on any atom is -0.496 e. The third-order valence-electron chi connectivity index (χ3n) is 2.75. The summed E-state index contributed by atoms with van der Waals surface area (Å²) in [6.07, 6.45) is 3.31. The Morgan fingerprint density at radius 1 is 1.20 bits per heavy atom. The molecule has 0 aliphatic carbocycles. The minimum absolute atomic E-state index is 0.641. The molecule has 104 valence electrons. The van der Waals surface area contributed by atoms with Crippen LogP contribution in [-0.4, -0.2) is 23.6 Å². The predicted octanol–water partition coefficient (Wildman–Crippen LogP) is 2.70. The number of anilines is 2. The summed E-state index contributed by atoms with van der Waals surface area (Å²) in [5, 5.41) is 6.38. The fourth-order valence-electron chi connectivity index (χ4n) is 1.76. The maximum Gasteiger partial charge on any atom is 0.131 e. The standard InChI is InChI=1S/C15H18N4O/c1-3-8-16-14-9-15(19-11-18-14)17-10-12-6-4-5-7-13(12)20-2/h3-7,9,11H,1,8,10H2,2H3,(H2,16,17,18,19). The van der Waals surface area contributed by atoms with E-state index in [0.29, 0.717) is 13.1 Å². The van der Waals surface area contributed by atoms with Crippen LogP contribution in [-0.2, 0) is 6.54 Å². The number of rotatable bonds is 7. The van der Waals surface area contributed by atoms with Crippen molar-refractivity contribution in [3.63, 3.8) is 0 Å². The molecule has 0 atom stereocenters. The lowest BCUT2D eigenvalue weighted by atomic mass is 10.2. The van der Waals surface area contributed by atoms with E-state index in [-0.39, 0.29) is 0 Å². The van der Waals surface area contributed by atoms with Crippen LogP contribution in [0.4, 0.5) is 11.6 Å². The summed E-state index contributed by atoms with van der Waals surface area (Å²) in [5.41, 5.74) is 1.08. The van der Waals surface area contributed by atoms with Crippen LogP contribution in [0.2, 0.25) is 0 Å². The number of benzene rings is 1. The van der Waals surface area contributed by atoms with Gasteiger partial charge in [-0.2, -0.15) is 0 Å². The number of nitrogens with one attached hydrogen (secondary N) is 2. The molecule has 0 fully saturated rings. The van der Waals surface area contributed by atoms with Crippen molar-refractivity contribution in [2.24, 2.45) is 0 Å². The SMILES string of the molecule is C=CCNc1cc(NCc2ccccc2OC)ncn1. The highest BCUT2D eigenvalue weighted by Crippen LogP contribution is 2.18. The van der Waals surface area contributed by atoms with Gasteiger partial charge in [-0.25, -0.2) is 9.97 Å². The van der Waals surface area contributed by atoms with Crippen molar-refractivity contribution in [2.45, 2.75) is 6.54 Å². The first kappa shape index (κ1) is 13.9. The van der Waals surface area contributed by atoms with Crippen LogP contribution >= 0.6 is 0 Å². The molecule has 0 saturated heterocycles. The molecule has 1 aromatic carbocycles. The van der Waals surface area contributed by atoms with E-state index in [0.717, 1.165) is 22.9 Å². The molecule has 0 spiro atoms. The molecule has 1 aromatic heterocycles. The van der Waals surface area contributed by atoms with Crippen LogP contribution in [0.25, 0.3) is 0 Å². The second-order valence-corrected chi connectivity index (χ2v) is 4.12. The number of hydrogen-bond acceptors (Lipinski definition) is 5. The predicted molar refractivity (Wildman–Crippen MR) is 81.0 cm³/mol. The number of hydrogen-bond donors (Lipinski definition) is 2. The smallest absolute Gasteiger partial charge is 0.131 e. The summed E-state index contributed by atoms with van der Waals surface area (Å²) >= 11 is 0. The van der Waals surface area contributed by atoms with Crippen LogP contribution < -0.4 is 15.4 Å². The molecule has 2 rings (SSSR count). The lowest BCUT2D eigenvalue weighted by Crippen LogP contribution is -2.05. The van der Waals surface area contributed by atoms with Crippen molar-refractivity contribution in [1.29, 1.82) is 0 Å². The Morgan fingerprint density at radius 3 is 2.70 bits per heavy atom. The molecule has 20 heavy (non-hydrogen) atoms. The normalized spacial score (nSPS) is 9.85. The quantitative estimate of drug-likeness (QED) is 0.758. The fraction of sp³-hybridized carbons (Fsp3) is 0.200. The Bertz CT molecular complexity index is 571. The Labute approximate surface area is 118 Å². The Balaban J connectivity index is 2.01. The Morgan fingerprint density at radius 2 is 1.95 bits per heavy atom. The van der Waals surface area contributed by atoms with Gasteiger partial charge in [-0.05, 0) is 6.07 Å². The van der Waals surface area contributed by atoms with E-state index in [2.05, 4.69) is 27.2 Å². The van der Waals surface area contributed by atoms with E-state index in [1.807, 2.05) is 30.3 Å². The van der Waals surface area contributed by atoms with Crippen LogP contribution in [0.1, 0.15) is 5.56 Å². The van der Waals surface area contributed by atoms with Gasteiger partial charge in [0.1, 0.15) is 23.7 Å². The van der Waals surface area contributed by atoms with Gasteiger partial charge in [0.15, 0.2) is 0 Å². The van der Waals surface area contributed by atoms with Crippen molar-refractivity contribution < 1.29 is 4.74 Å². The van der Waals surface area contributed by atoms with E-state index >= 15 is 0 Å². The summed E-state index contributed by atoms with van der Waals surface area (Å²) in [6.45, 7) is 4.97. The van der Waals surface area contributed by atoms with E-state index in [4.69, 9.17) is 4.74 Å². The first-order valence-electron chi connectivity index (χ1n) is 6.36. The van der Waals surface area contributed by atoms with Gasteiger partial charge in [0.2, 0.25) is 0 Å². The molecule has 0 aliphatic heterocycles. The molecule has 2 aromatic rings. The zero-order valence-corrected chi connectivity index (χ0v) is 11.5. The summed E-state index contributed by atoms with van der Waals surface area (Å²) in [5.74, 6) is 2.39. The molecular formula is C15H18N4O. The fourth-order valence-corrected chi connectivity index (χ4v) is 1.76. The largest absolute Gasteiger partial charge is 0.496 e. The average Bonchev–Trinajstić information content (AvgIpc) is 2.51. The van der Waals surface area contributed by atoms with Gasteiger partial charge in [0.25, 0.3) is 0 Å². The summed E-state index contributed by atoms with van der Waals surface area (Å²) < 4.78 is 5.31. The minimum atomic E-state index is 0.641. The molecule has 0 radical (unpaired) electrons. The van der Waals surface area contributed by atoms with E-state index in [1.165, 1.54) is 6.33 Å². The van der Waals surface area contributed by atoms with E-state index < -0.39 is 0 Å². The number of aromatic nitrogens is 2. The van der Waals surface area contributed by atoms with Gasteiger partial charge in [-0.3, -0.25) is 0 Å². The third kappa shape index (κ3) is 3.71. The van der Waals surface area contributed by atoms with E-state index in [1.54, 1.807) is 13.2 Å². The summed E-state index contributed by atoms with van der Waals surface area (Å²) in [7, 11) is 1.67. The second kappa shape index (κ2) is 7.13. The number of para-hydroxylation sites is 1. The van der Waals surface area contributed by atoms with Crippen LogP contribution in [0.3, 0.4) is 0 Å². The topological polar surface area (TPSA) is 59.1 Å². The molecule has 0 saturated carbocycles. The maximum absolute atomic E-state index is 5.31. The molecule has 5 heteroatoms. The van der Waals surface area contributed by atoms with Gasteiger partial charge in [0, 0.05) is 24.7 Å². The summed E-state index contributed by atoms with van der Waals surface area (Å²) in [4.78, 5) is 8.32. The molecule has 0 amide bonds. The number of ether oxygens (including phenoxy) is 1. The summed E-state index contributed by atoms with van der Waals surface area (Å²) in [6, 6.07) is 9.75. The van der Waals surface area contributed by atoms with Crippen molar-refractivity contribution in [2.75, 3.05) is 24.3 Å². The molecular weight excluding hydrogens is 252 g/mol. The van der Waals surface area contributed by atoms with Crippen LogP contribution in [0, 0.1) is 0 Å². The molecule has 1 heterocycles. The first-order valence-corrected chi connectivity index (χ1v) is 6.36. The third-order valence-corrected chi connectivity index (χ3v) is 2.75. The number of methoxy groups -OCH3 is 1. The Hall–Kier alpha value is -2.56. The first-order chi connectivity index (χ1) is 9.83. The van der Waals surface area contributed by atoms with Crippen molar-refractivity contribution in [1.82, 2.24) is 9.97 Å². The van der Waals surface area contributed by atoms with Gasteiger partial charge in [-0.1, -0.05) is 24.3 Å². The Kier molecular flexibility index (Phi) is 4.94. The second-order valence-electron chi connectivity index (χ2n) is 4.12. The lowest BCUT2D eigenvalue weighted by molar-refractivity contribution is 0.410. The molecule has 0 bridgehead atoms. The van der Waals surface area contributed by atoms with Crippen LogP contribution in [0.5, 0.6) is 5.75 Å². The van der Waals surface area contributed by atoms with Gasteiger partial charge in [0.05, 0.1) is 7.11 Å². The average molecular weight is 270 g/mol. The highest BCUT2D eigenvalue weighted by molar-refractivity contribution is 5.47. The van der Waals surface area contributed by atoms with Gasteiger partial charge >= 0.3 is 0 Å². The zero-order valence-electron chi connectivity index (χ0n) is 11.5. The van der Waals surface area contributed by atoms with E-state index in [9.17, 15) is 0 Å². The van der Waals surface area contributed by atoms with Gasteiger partial charge < -0.3 is 15.4 Å². The highest BCUT2D eigenvalue weighted by Gasteiger charge is 2.02. The lowest BCUT2D eigenvalue weighted by Gasteiger charge is -2.10. The molecule has 0 aliphatic rings. The maximum atomic E-state index is 5.31. The molecule has 0 unspecified atom stereocenters. The monoisotopic (exact) mass is 270 g/mol. The highest BCUT2D eigenvalue weighted by atomic mass is 16.5. The number of nitrogens with zero attached hydrogens (tertiary/aromatic N) is 2. The van der Waals surface area contributed by atoms with Crippen molar-refractivity contribution >= 4 is 11.6 Å². The van der Waals surface area contributed by atoms with Gasteiger partial charge in [-0.15, -0.1) is 6.58 Å².